The Morgan fingerprint density at radius 3 is 3.05 bits per heavy atom. The number of hydrogen-bond acceptors (Lipinski definition) is 3. The highest BCUT2D eigenvalue weighted by Crippen LogP contribution is 2.25. The Morgan fingerprint density at radius 1 is 1.40 bits per heavy atom. The molecule has 2 heterocycles. The smallest absolute Gasteiger partial charge is 0.324 e. The monoisotopic (exact) mass is 288 g/mol. The van der Waals surface area contributed by atoms with Gasteiger partial charge in [0, 0.05) is 29.9 Å². The van der Waals surface area contributed by atoms with Crippen molar-refractivity contribution in [2.45, 2.75) is 11.4 Å². The molecule has 2 aromatic rings. The highest BCUT2D eigenvalue weighted by molar-refractivity contribution is 7.98. The lowest BCUT2D eigenvalue weighted by Gasteiger charge is -2.18. The van der Waals surface area contributed by atoms with E-state index in [1.807, 2.05) is 28.2 Å². The molecule has 1 aromatic carbocycles. The summed E-state index contributed by atoms with van der Waals surface area (Å²) in [6.45, 7) is 2.05. The summed E-state index contributed by atoms with van der Waals surface area (Å²) in [6.07, 6.45) is 5.43. The van der Waals surface area contributed by atoms with Gasteiger partial charge in [-0.15, -0.1) is 11.8 Å². The number of urea groups is 1. The highest BCUT2D eigenvalue weighted by Gasteiger charge is 2.29. The molecule has 0 radical (unpaired) electrons. The van der Waals surface area contributed by atoms with Gasteiger partial charge >= 0.3 is 6.03 Å². The molecule has 1 N–H and O–H groups in total. The molecule has 0 unspecified atom stereocenters. The summed E-state index contributed by atoms with van der Waals surface area (Å²) in [6, 6.07) is 8.14. The molecule has 0 aliphatic carbocycles. The number of amides is 2. The quantitative estimate of drug-likeness (QED) is 0.880. The minimum atomic E-state index is 0.0536. The van der Waals surface area contributed by atoms with Gasteiger partial charge in [-0.1, -0.05) is 6.07 Å². The third-order valence-corrected chi connectivity index (χ3v) is 4.10. The molecule has 20 heavy (non-hydrogen) atoms. The maximum absolute atomic E-state index is 12.4. The van der Waals surface area contributed by atoms with Crippen molar-refractivity contribution in [3.8, 4) is 0 Å². The van der Waals surface area contributed by atoms with Crippen molar-refractivity contribution < 1.29 is 4.79 Å². The summed E-state index contributed by atoms with van der Waals surface area (Å²) in [5, 5.41) is 0. The van der Waals surface area contributed by atoms with Crippen molar-refractivity contribution in [2.75, 3.05) is 24.2 Å². The largest absolute Gasteiger partial charge is 0.347 e. The van der Waals surface area contributed by atoms with Crippen molar-refractivity contribution in [1.29, 1.82) is 0 Å². The van der Waals surface area contributed by atoms with Gasteiger partial charge in [-0.05, 0) is 24.5 Å². The zero-order chi connectivity index (χ0) is 13.9. The molecular formula is C14H16N4OS. The first-order valence-electron chi connectivity index (χ1n) is 6.45. The second kappa shape index (κ2) is 5.58. The van der Waals surface area contributed by atoms with Gasteiger partial charge in [0.25, 0.3) is 0 Å². The number of thioether (sulfide) groups is 1. The minimum absolute atomic E-state index is 0.0536. The van der Waals surface area contributed by atoms with Crippen LogP contribution in [0.25, 0.3) is 0 Å². The Labute approximate surface area is 122 Å². The number of carbonyl (C=O) groups excluding carboxylic acids is 1. The van der Waals surface area contributed by atoms with Gasteiger partial charge in [0.15, 0.2) is 0 Å². The molecule has 2 amide bonds. The van der Waals surface area contributed by atoms with Crippen molar-refractivity contribution in [1.82, 2.24) is 14.9 Å². The Bertz CT molecular complexity index is 599. The molecular weight excluding hydrogens is 272 g/mol. The fourth-order valence-electron chi connectivity index (χ4n) is 2.32. The van der Waals surface area contributed by atoms with Gasteiger partial charge in [0.1, 0.15) is 0 Å². The lowest BCUT2D eigenvalue weighted by Crippen LogP contribution is -2.31. The van der Waals surface area contributed by atoms with Gasteiger partial charge in [-0.3, -0.25) is 4.90 Å². The van der Waals surface area contributed by atoms with Gasteiger partial charge in [0.2, 0.25) is 0 Å². The van der Waals surface area contributed by atoms with Crippen LogP contribution in [0.1, 0.15) is 5.69 Å². The van der Waals surface area contributed by atoms with Crippen LogP contribution in [0, 0.1) is 0 Å². The number of aromatic amines is 1. The third-order valence-electron chi connectivity index (χ3n) is 3.38. The Morgan fingerprint density at radius 2 is 2.30 bits per heavy atom. The number of H-pyrrole nitrogens is 1. The van der Waals surface area contributed by atoms with Crippen LogP contribution in [0.15, 0.2) is 41.7 Å². The van der Waals surface area contributed by atoms with E-state index in [1.54, 1.807) is 24.3 Å². The maximum Gasteiger partial charge on any atom is 0.324 e. The highest BCUT2D eigenvalue weighted by atomic mass is 32.2. The number of imidazole rings is 1. The molecule has 1 aromatic heterocycles. The number of nitrogens with one attached hydrogen (secondary N) is 1. The second-order valence-electron chi connectivity index (χ2n) is 4.63. The lowest BCUT2D eigenvalue weighted by atomic mass is 10.3. The van der Waals surface area contributed by atoms with E-state index in [9.17, 15) is 4.79 Å². The molecule has 1 aliphatic rings. The molecule has 0 saturated carbocycles. The zero-order valence-electron chi connectivity index (χ0n) is 11.2. The van der Waals surface area contributed by atoms with E-state index in [4.69, 9.17) is 0 Å². The third kappa shape index (κ3) is 2.51. The molecule has 0 atom stereocenters. The summed E-state index contributed by atoms with van der Waals surface area (Å²) >= 11 is 1.68. The maximum atomic E-state index is 12.4. The van der Waals surface area contributed by atoms with E-state index in [0.717, 1.165) is 24.5 Å². The number of benzene rings is 1. The first kappa shape index (κ1) is 13.1. The number of hydrogen-bond donors (Lipinski definition) is 1. The topological polar surface area (TPSA) is 52.2 Å². The fourth-order valence-corrected chi connectivity index (χ4v) is 2.78. The van der Waals surface area contributed by atoms with Crippen molar-refractivity contribution in [2.24, 2.45) is 0 Å². The lowest BCUT2D eigenvalue weighted by molar-refractivity contribution is 0.218. The number of carbonyl (C=O) groups is 1. The van der Waals surface area contributed by atoms with Crippen LogP contribution in [0.2, 0.25) is 0 Å². The van der Waals surface area contributed by atoms with Crippen molar-refractivity contribution >= 4 is 23.5 Å². The Kier molecular flexibility index (Phi) is 3.64. The molecule has 0 bridgehead atoms. The van der Waals surface area contributed by atoms with Crippen LogP contribution in [-0.2, 0) is 6.54 Å². The summed E-state index contributed by atoms with van der Waals surface area (Å²) in [5.74, 6) is 0. The molecule has 6 heteroatoms. The average molecular weight is 288 g/mol. The molecule has 1 fully saturated rings. The van der Waals surface area contributed by atoms with E-state index in [0.29, 0.717) is 6.54 Å². The summed E-state index contributed by atoms with van der Waals surface area (Å²) in [7, 11) is 0. The van der Waals surface area contributed by atoms with Crippen LogP contribution in [-0.4, -0.2) is 40.2 Å². The standard InChI is InChI=1S/C14H16N4OS/c1-20-13-4-2-3-12(7-13)18-6-5-17(14(18)19)9-11-8-15-10-16-11/h2-4,7-8,10H,5-6,9H2,1H3,(H,15,16). The van der Waals surface area contributed by atoms with Gasteiger partial charge in [-0.2, -0.15) is 0 Å². The van der Waals surface area contributed by atoms with Crippen molar-refractivity contribution in [3.05, 3.63) is 42.5 Å². The summed E-state index contributed by atoms with van der Waals surface area (Å²) in [4.78, 5) is 24.3. The van der Waals surface area contributed by atoms with Crippen LogP contribution < -0.4 is 4.90 Å². The fraction of sp³-hybridized carbons (Fsp3) is 0.286. The molecule has 5 nitrogen and oxygen atoms in total. The van der Waals surface area contributed by atoms with Crippen LogP contribution in [0.4, 0.5) is 10.5 Å². The van der Waals surface area contributed by atoms with E-state index in [-0.39, 0.29) is 6.03 Å². The minimum Gasteiger partial charge on any atom is -0.347 e. The van der Waals surface area contributed by atoms with E-state index in [1.165, 1.54) is 4.90 Å². The second-order valence-corrected chi connectivity index (χ2v) is 5.51. The predicted molar refractivity (Wildman–Crippen MR) is 80.0 cm³/mol. The van der Waals surface area contributed by atoms with E-state index >= 15 is 0 Å². The average Bonchev–Trinajstić information content (AvgIpc) is 3.11. The van der Waals surface area contributed by atoms with Gasteiger partial charge < -0.3 is 9.88 Å². The van der Waals surface area contributed by atoms with Crippen molar-refractivity contribution in [3.63, 3.8) is 0 Å². The normalized spacial score (nSPS) is 15.2. The van der Waals surface area contributed by atoms with E-state index < -0.39 is 0 Å². The van der Waals surface area contributed by atoms with E-state index in [2.05, 4.69) is 22.1 Å². The van der Waals surface area contributed by atoms with Gasteiger partial charge in [-0.25, -0.2) is 9.78 Å². The summed E-state index contributed by atoms with van der Waals surface area (Å²) in [5.41, 5.74) is 1.92. The number of anilines is 1. The first-order valence-corrected chi connectivity index (χ1v) is 7.68. The number of aromatic nitrogens is 2. The Hall–Kier alpha value is -1.95. The molecule has 0 spiro atoms. The van der Waals surface area contributed by atoms with Crippen LogP contribution >= 0.6 is 11.8 Å². The first-order chi connectivity index (χ1) is 9.78. The van der Waals surface area contributed by atoms with Crippen LogP contribution in [0.3, 0.4) is 0 Å². The molecule has 1 aliphatic heterocycles. The summed E-state index contributed by atoms with van der Waals surface area (Å²) < 4.78 is 0. The van der Waals surface area contributed by atoms with Crippen LogP contribution in [0.5, 0.6) is 0 Å². The molecule has 104 valence electrons. The molecule has 3 rings (SSSR count). The SMILES string of the molecule is CSc1cccc(N2CCN(Cc3cnc[nH]3)C2=O)c1. The zero-order valence-corrected chi connectivity index (χ0v) is 12.1. The molecule has 1 saturated heterocycles. The predicted octanol–water partition coefficient (Wildman–Crippen LogP) is 2.57. The Balaban J connectivity index is 1.74. The van der Waals surface area contributed by atoms with Gasteiger partial charge in [0.05, 0.1) is 18.6 Å². The number of nitrogens with zero attached hydrogens (tertiary/aromatic N) is 3. The number of rotatable bonds is 4.